The molecule has 1 aromatic heterocycles. The number of nitrogens with zero attached hydrogens (tertiary/aromatic N) is 3. The average molecular weight is 472 g/mol. The van der Waals surface area contributed by atoms with Gasteiger partial charge in [0.15, 0.2) is 16.6 Å². The lowest BCUT2D eigenvalue weighted by atomic mass is 10.0. The van der Waals surface area contributed by atoms with Crippen molar-refractivity contribution in [2.75, 3.05) is 0 Å². The van der Waals surface area contributed by atoms with E-state index in [0.29, 0.717) is 5.69 Å². The maximum atomic E-state index is 11.0. The van der Waals surface area contributed by atoms with Crippen molar-refractivity contribution < 1.29 is 14.0 Å². The molecule has 0 unspecified atom stereocenters. The van der Waals surface area contributed by atoms with Gasteiger partial charge in [-0.1, -0.05) is 18.2 Å². The zero-order chi connectivity index (χ0) is 23.7. The lowest BCUT2D eigenvalue weighted by Gasteiger charge is -2.40. The number of phenols is 1. The van der Waals surface area contributed by atoms with Gasteiger partial charge in [-0.15, -0.1) is 15.0 Å². The molecule has 0 fully saturated rings. The van der Waals surface area contributed by atoms with Crippen molar-refractivity contribution in [2.45, 2.75) is 78.2 Å². The molecule has 0 aliphatic carbocycles. The van der Waals surface area contributed by atoms with E-state index in [0.717, 1.165) is 41.4 Å². The molecule has 0 saturated carbocycles. The third-order valence-corrected chi connectivity index (χ3v) is 7.02. The highest BCUT2D eigenvalue weighted by atomic mass is 28.4. The van der Waals surface area contributed by atoms with E-state index in [1.54, 1.807) is 0 Å². The molecule has 0 atom stereocenters. The van der Waals surface area contributed by atoms with Gasteiger partial charge in [0.2, 0.25) is 0 Å². The van der Waals surface area contributed by atoms with Gasteiger partial charge in [-0.2, -0.15) is 0 Å². The number of hydrogen-bond donors (Lipinski definition) is 1. The standard InChI is InChI=1S/C24H37N3O3Si2/c1-18-16-19(12-11-15-24(2,29-31(3,4)5)30-32(6,7)8)23(28)22(17-18)27-25-20-13-9-10-14-21(20)26-27/h9-10,13-14,16-17,28H,11-12,15H2,1-8H3. The van der Waals surface area contributed by atoms with Crippen LogP contribution in [-0.4, -0.2) is 42.5 Å². The summed E-state index contributed by atoms with van der Waals surface area (Å²) in [7, 11) is -3.57. The van der Waals surface area contributed by atoms with Crippen LogP contribution >= 0.6 is 0 Å². The van der Waals surface area contributed by atoms with Gasteiger partial charge in [0.05, 0.1) is 0 Å². The Morgan fingerprint density at radius 3 is 1.97 bits per heavy atom. The zero-order valence-electron chi connectivity index (χ0n) is 20.7. The summed E-state index contributed by atoms with van der Waals surface area (Å²) in [5.41, 5.74) is 4.17. The van der Waals surface area contributed by atoms with E-state index < -0.39 is 22.4 Å². The van der Waals surface area contributed by atoms with E-state index in [1.807, 2.05) is 43.3 Å². The Morgan fingerprint density at radius 1 is 0.938 bits per heavy atom. The molecule has 0 amide bonds. The summed E-state index contributed by atoms with van der Waals surface area (Å²) in [6, 6.07) is 11.7. The van der Waals surface area contributed by atoms with Gasteiger partial charge < -0.3 is 14.0 Å². The Hall–Kier alpha value is -2.01. The lowest BCUT2D eigenvalue weighted by Crippen LogP contribution is -2.48. The van der Waals surface area contributed by atoms with Crippen LogP contribution in [0.4, 0.5) is 0 Å². The van der Waals surface area contributed by atoms with Crippen LogP contribution in [0, 0.1) is 6.92 Å². The first-order valence-corrected chi connectivity index (χ1v) is 18.1. The van der Waals surface area contributed by atoms with Gasteiger partial charge in [0.1, 0.15) is 28.3 Å². The predicted molar refractivity (Wildman–Crippen MR) is 135 cm³/mol. The van der Waals surface area contributed by atoms with Crippen LogP contribution < -0.4 is 0 Å². The molecule has 32 heavy (non-hydrogen) atoms. The lowest BCUT2D eigenvalue weighted by molar-refractivity contribution is -0.118. The quantitative estimate of drug-likeness (QED) is 0.298. The van der Waals surface area contributed by atoms with E-state index in [-0.39, 0.29) is 5.75 Å². The second-order valence-electron chi connectivity index (χ2n) is 10.7. The summed E-state index contributed by atoms with van der Waals surface area (Å²) in [4.78, 5) is 1.53. The first-order valence-electron chi connectivity index (χ1n) is 11.3. The summed E-state index contributed by atoms with van der Waals surface area (Å²) in [6.07, 6.45) is 2.34. The Balaban J connectivity index is 1.81. The highest BCUT2D eigenvalue weighted by molar-refractivity contribution is 6.71. The predicted octanol–water partition coefficient (Wildman–Crippen LogP) is 6.18. The minimum atomic E-state index is -1.78. The molecule has 0 radical (unpaired) electrons. The Morgan fingerprint density at radius 2 is 1.47 bits per heavy atom. The summed E-state index contributed by atoms with van der Waals surface area (Å²) in [6.45, 7) is 17.3. The molecule has 8 heteroatoms. The Labute approximate surface area is 193 Å². The van der Waals surface area contributed by atoms with Crippen molar-refractivity contribution in [1.82, 2.24) is 15.0 Å². The molecule has 3 rings (SSSR count). The van der Waals surface area contributed by atoms with Crippen molar-refractivity contribution in [3.63, 3.8) is 0 Å². The van der Waals surface area contributed by atoms with Crippen molar-refractivity contribution in [2.24, 2.45) is 0 Å². The molecule has 6 nitrogen and oxygen atoms in total. The average Bonchev–Trinajstić information content (AvgIpc) is 3.04. The number of benzene rings is 2. The second kappa shape index (κ2) is 9.09. The molecule has 2 aromatic carbocycles. The Bertz CT molecular complexity index is 1040. The van der Waals surface area contributed by atoms with Crippen molar-refractivity contribution in [1.29, 1.82) is 0 Å². The molecule has 0 aliphatic rings. The number of hydrogen-bond acceptors (Lipinski definition) is 5. The van der Waals surface area contributed by atoms with E-state index in [4.69, 9.17) is 8.85 Å². The summed E-state index contributed by atoms with van der Waals surface area (Å²) >= 11 is 0. The highest BCUT2D eigenvalue weighted by Gasteiger charge is 2.36. The van der Waals surface area contributed by atoms with Crippen LogP contribution in [0.3, 0.4) is 0 Å². The van der Waals surface area contributed by atoms with Crippen LogP contribution in [0.25, 0.3) is 16.7 Å². The van der Waals surface area contributed by atoms with Gasteiger partial charge in [0.25, 0.3) is 0 Å². The largest absolute Gasteiger partial charge is 0.505 e. The minimum Gasteiger partial charge on any atom is -0.505 e. The fourth-order valence-electron chi connectivity index (χ4n) is 4.16. The van der Waals surface area contributed by atoms with Gasteiger partial charge in [-0.3, -0.25) is 0 Å². The fourth-order valence-corrected chi connectivity index (χ4v) is 7.12. The molecular formula is C24H37N3O3Si2. The van der Waals surface area contributed by atoms with Crippen molar-refractivity contribution in [3.05, 3.63) is 47.5 Å². The first-order chi connectivity index (χ1) is 14.7. The van der Waals surface area contributed by atoms with Crippen LogP contribution in [0.1, 0.15) is 30.9 Å². The second-order valence-corrected chi connectivity index (χ2v) is 19.5. The van der Waals surface area contributed by atoms with E-state index >= 15 is 0 Å². The molecule has 1 N–H and O–H groups in total. The van der Waals surface area contributed by atoms with Crippen LogP contribution in [0.2, 0.25) is 39.3 Å². The normalized spacial score (nSPS) is 13.1. The third kappa shape index (κ3) is 6.51. The summed E-state index contributed by atoms with van der Waals surface area (Å²) < 4.78 is 13.0. The first kappa shape index (κ1) is 24.6. The smallest absolute Gasteiger partial charge is 0.187 e. The Kier molecular flexibility index (Phi) is 7.00. The topological polar surface area (TPSA) is 69.4 Å². The van der Waals surface area contributed by atoms with E-state index in [1.165, 1.54) is 4.80 Å². The molecule has 0 spiro atoms. The van der Waals surface area contributed by atoms with Gasteiger partial charge in [-0.05, 0) is 102 Å². The number of aromatic nitrogens is 3. The number of rotatable bonds is 9. The van der Waals surface area contributed by atoms with Crippen LogP contribution in [-0.2, 0) is 15.3 Å². The van der Waals surface area contributed by atoms with Crippen LogP contribution in [0.15, 0.2) is 36.4 Å². The SMILES string of the molecule is Cc1cc(CCCC(C)(O[Si](C)(C)C)O[Si](C)(C)C)c(O)c(-n2nc3ccccc3n2)c1. The van der Waals surface area contributed by atoms with Gasteiger partial charge >= 0.3 is 0 Å². The number of fused-ring (bicyclic) bond motifs is 1. The van der Waals surface area contributed by atoms with E-state index in [2.05, 4.69) is 56.4 Å². The highest BCUT2D eigenvalue weighted by Crippen LogP contribution is 2.32. The van der Waals surface area contributed by atoms with Crippen LogP contribution in [0.5, 0.6) is 5.75 Å². The third-order valence-electron chi connectivity index (χ3n) is 4.94. The summed E-state index contributed by atoms with van der Waals surface area (Å²) in [5.74, 6) is -0.367. The number of aromatic hydroxyl groups is 1. The minimum absolute atomic E-state index is 0.231. The van der Waals surface area contributed by atoms with Crippen molar-refractivity contribution >= 4 is 27.7 Å². The number of phenolic OH excluding ortho intramolecular Hbond substituents is 1. The fraction of sp³-hybridized carbons (Fsp3) is 0.500. The molecular weight excluding hydrogens is 434 g/mol. The molecule has 0 bridgehead atoms. The monoisotopic (exact) mass is 471 g/mol. The molecule has 1 heterocycles. The summed E-state index contributed by atoms with van der Waals surface area (Å²) in [5, 5.41) is 20.1. The zero-order valence-corrected chi connectivity index (χ0v) is 22.7. The maximum absolute atomic E-state index is 11.0. The molecule has 3 aromatic rings. The molecule has 0 saturated heterocycles. The van der Waals surface area contributed by atoms with Gasteiger partial charge in [-0.25, -0.2) is 0 Å². The molecule has 174 valence electrons. The maximum Gasteiger partial charge on any atom is 0.187 e. The molecule has 0 aliphatic heterocycles. The number of aryl methyl sites for hydroxylation is 2. The van der Waals surface area contributed by atoms with Crippen molar-refractivity contribution in [3.8, 4) is 11.4 Å². The van der Waals surface area contributed by atoms with E-state index in [9.17, 15) is 5.11 Å². The van der Waals surface area contributed by atoms with Gasteiger partial charge in [0, 0.05) is 0 Å².